The summed E-state index contributed by atoms with van der Waals surface area (Å²) in [4.78, 5) is 13.6. The average molecular weight is 365 g/mol. The monoisotopic (exact) mass is 364 g/mol. The summed E-state index contributed by atoms with van der Waals surface area (Å²) in [6, 6.07) is 11.4. The second kappa shape index (κ2) is 6.45. The second-order valence-corrected chi connectivity index (χ2v) is 7.74. The maximum atomic E-state index is 12.5. The van der Waals surface area contributed by atoms with Gasteiger partial charge in [0.05, 0.1) is 5.02 Å². The molecule has 0 spiro atoms. The first-order valence-corrected chi connectivity index (χ1v) is 9.43. The summed E-state index contributed by atoms with van der Waals surface area (Å²) in [5.41, 5.74) is 2.09. The molecule has 24 heavy (non-hydrogen) atoms. The number of benzene rings is 2. The number of hydrogen-bond donors (Lipinski definition) is 1. The third kappa shape index (κ3) is 3.25. The molecule has 0 radical (unpaired) electrons. The van der Waals surface area contributed by atoms with Crippen molar-refractivity contribution in [2.75, 3.05) is 16.2 Å². The van der Waals surface area contributed by atoms with Crippen molar-refractivity contribution < 1.29 is 13.2 Å². The molecule has 1 aliphatic rings. The lowest BCUT2D eigenvalue weighted by Crippen LogP contribution is -2.24. The molecule has 5 nitrogen and oxygen atoms in total. The fraction of sp³-hybridized carbons (Fsp3) is 0.235. The summed E-state index contributed by atoms with van der Waals surface area (Å²) in [6.45, 7) is 2.55. The SMILES string of the molecule is Cc1cc(NS(=O)(=O)c2ccccc2Cl)ccc1N1CCCC1=O. The zero-order chi connectivity index (χ0) is 17.3. The van der Waals surface area contributed by atoms with Crippen LogP contribution in [-0.2, 0) is 14.8 Å². The molecule has 1 amide bonds. The molecule has 0 aliphatic carbocycles. The van der Waals surface area contributed by atoms with Gasteiger partial charge in [-0.15, -0.1) is 0 Å². The fourth-order valence-electron chi connectivity index (χ4n) is 2.80. The topological polar surface area (TPSA) is 66.5 Å². The van der Waals surface area contributed by atoms with Gasteiger partial charge < -0.3 is 4.90 Å². The number of rotatable bonds is 4. The minimum atomic E-state index is -3.77. The minimum Gasteiger partial charge on any atom is -0.312 e. The summed E-state index contributed by atoms with van der Waals surface area (Å²) < 4.78 is 27.5. The van der Waals surface area contributed by atoms with E-state index >= 15 is 0 Å². The van der Waals surface area contributed by atoms with Crippen LogP contribution in [0.15, 0.2) is 47.4 Å². The highest BCUT2D eigenvalue weighted by Crippen LogP contribution is 2.29. The van der Waals surface area contributed by atoms with Crippen LogP contribution in [0.2, 0.25) is 5.02 Å². The van der Waals surface area contributed by atoms with Crippen molar-refractivity contribution in [1.82, 2.24) is 0 Å². The Hall–Kier alpha value is -2.05. The van der Waals surface area contributed by atoms with E-state index in [0.717, 1.165) is 17.7 Å². The molecule has 1 fully saturated rings. The molecule has 7 heteroatoms. The number of amides is 1. The Morgan fingerprint density at radius 2 is 1.92 bits per heavy atom. The van der Waals surface area contributed by atoms with Gasteiger partial charge in [-0.1, -0.05) is 23.7 Å². The predicted octanol–water partition coefficient (Wildman–Crippen LogP) is 3.58. The molecule has 2 aromatic rings. The van der Waals surface area contributed by atoms with Crippen LogP contribution in [0, 0.1) is 6.92 Å². The maximum absolute atomic E-state index is 12.5. The normalized spacial score (nSPS) is 14.9. The number of hydrogen-bond acceptors (Lipinski definition) is 3. The summed E-state index contributed by atoms with van der Waals surface area (Å²) in [6.07, 6.45) is 1.40. The van der Waals surface area contributed by atoms with E-state index in [1.165, 1.54) is 12.1 Å². The van der Waals surface area contributed by atoms with Crippen LogP contribution in [0.1, 0.15) is 18.4 Å². The van der Waals surface area contributed by atoms with Gasteiger partial charge in [0.2, 0.25) is 5.91 Å². The predicted molar refractivity (Wildman–Crippen MR) is 95.0 cm³/mol. The first-order chi connectivity index (χ1) is 11.4. The van der Waals surface area contributed by atoms with Gasteiger partial charge in [0.25, 0.3) is 10.0 Å². The Morgan fingerprint density at radius 3 is 2.54 bits per heavy atom. The summed E-state index contributed by atoms with van der Waals surface area (Å²) in [7, 11) is -3.77. The molecule has 0 saturated carbocycles. The maximum Gasteiger partial charge on any atom is 0.263 e. The molecule has 1 aliphatic heterocycles. The van der Waals surface area contributed by atoms with Crippen LogP contribution in [0.3, 0.4) is 0 Å². The van der Waals surface area contributed by atoms with E-state index in [2.05, 4.69) is 4.72 Å². The van der Waals surface area contributed by atoms with Crippen molar-refractivity contribution in [2.45, 2.75) is 24.7 Å². The first kappa shape index (κ1) is 16.8. The number of sulfonamides is 1. The standard InChI is InChI=1S/C17H17ClN2O3S/c1-12-11-13(8-9-15(12)20-10-4-7-17(20)21)19-24(22,23)16-6-3-2-5-14(16)18/h2-3,5-6,8-9,11,19H,4,7,10H2,1H3. The molecule has 126 valence electrons. The number of halogens is 1. The zero-order valence-corrected chi connectivity index (χ0v) is 14.7. The molecule has 0 atom stereocenters. The Labute approximate surface area is 146 Å². The zero-order valence-electron chi connectivity index (χ0n) is 13.1. The first-order valence-electron chi connectivity index (χ1n) is 7.57. The van der Waals surface area contributed by atoms with Gasteiger partial charge in [-0.05, 0) is 49.2 Å². The summed E-state index contributed by atoms with van der Waals surface area (Å²) >= 11 is 5.97. The Bertz CT molecular complexity index is 896. The largest absolute Gasteiger partial charge is 0.312 e. The number of carbonyl (C=O) groups is 1. The molecule has 2 aromatic carbocycles. The van der Waals surface area contributed by atoms with Crippen molar-refractivity contribution in [1.29, 1.82) is 0 Å². The number of anilines is 2. The number of nitrogens with one attached hydrogen (secondary N) is 1. The molecule has 0 bridgehead atoms. The highest BCUT2D eigenvalue weighted by atomic mass is 35.5. The van der Waals surface area contributed by atoms with Crippen molar-refractivity contribution in [3.63, 3.8) is 0 Å². The molecule has 1 saturated heterocycles. The van der Waals surface area contributed by atoms with Gasteiger partial charge in [0.15, 0.2) is 0 Å². The third-order valence-electron chi connectivity index (χ3n) is 3.94. The Morgan fingerprint density at radius 1 is 1.17 bits per heavy atom. The lowest BCUT2D eigenvalue weighted by Gasteiger charge is -2.19. The van der Waals surface area contributed by atoms with E-state index in [9.17, 15) is 13.2 Å². The lowest BCUT2D eigenvalue weighted by molar-refractivity contribution is -0.117. The second-order valence-electron chi connectivity index (χ2n) is 5.69. The van der Waals surface area contributed by atoms with Gasteiger partial charge in [-0.25, -0.2) is 8.42 Å². The molecule has 1 N–H and O–H groups in total. The average Bonchev–Trinajstić information content (AvgIpc) is 2.93. The number of carbonyl (C=O) groups excluding carboxylic acids is 1. The Balaban J connectivity index is 1.87. The minimum absolute atomic E-state index is 0.0307. The quantitative estimate of drug-likeness (QED) is 0.901. The van der Waals surface area contributed by atoms with Crippen molar-refractivity contribution >= 4 is 38.9 Å². The van der Waals surface area contributed by atoms with Crippen LogP contribution in [0.4, 0.5) is 11.4 Å². The molecular formula is C17H17ClN2O3S. The smallest absolute Gasteiger partial charge is 0.263 e. The van der Waals surface area contributed by atoms with E-state index in [-0.39, 0.29) is 15.8 Å². The molecule has 0 aromatic heterocycles. The molecule has 0 unspecified atom stereocenters. The van der Waals surface area contributed by atoms with Crippen LogP contribution < -0.4 is 9.62 Å². The van der Waals surface area contributed by atoms with E-state index in [4.69, 9.17) is 11.6 Å². The van der Waals surface area contributed by atoms with Gasteiger partial charge in [0.1, 0.15) is 4.90 Å². The van der Waals surface area contributed by atoms with Crippen molar-refractivity contribution in [3.05, 3.63) is 53.1 Å². The van der Waals surface area contributed by atoms with Gasteiger partial charge in [-0.3, -0.25) is 9.52 Å². The van der Waals surface area contributed by atoms with E-state index < -0.39 is 10.0 Å². The van der Waals surface area contributed by atoms with Crippen molar-refractivity contribution in [2.24, 2.45) is 0 Å². The molecule has 3 rings (SSSR count). The third-order valence-corrected chi connectivity index (χ3v) is 5.82. The van der Waals surface area contributed by atoms with Crippen molar-refractivity contribution in [3.8, 4) is 0 Å². The van der Waals surface area contributed by atoms with Crippen LogP contribution in [-0.4, -0.2) is 20.9 Å². The lowest BCUT2D eigenvalue weighted by atomic mass is 10.1. The van der Waals surface area contributed by atoms with Crippen LogP contribution in [0.25, 0.3) is 0 Å². The summed E-state index contributed by atoms with van der Waals surface area (Å²) in [5, 5.41) is 0.168. The van der Waals surface area contributed by atoms with Gasteiger partial charge in [-0.2, -0.15) is 0 Å². The molecule has 1 heterocycles. The van der Waals surface area contributed by atoms with E-state index in [1.54, 1.807) is 35.2 Å². The van der Waals surface area contributed by atoms with Gasteiger partial charge >= 0.3 is 0 Å². The van der Waals surface area contributed by atoms with E-state index in [0.29, 0.717) is 18.7 Å². The van der Waals surface area contributed by atoms with Crippen LogP contribution >= 0.6 is 11.6 Å². The number of nitrogens with zero attached hydrogens (tertiary/aromatic N) is 1. The Kier molecular flexibility index (Phi) is 4.51. The highest BCUT2D eigenvalue weighted by molar-refractivity contribution is 7.92. The number of aryl methyl sites for hydroxylation is 1. The van der Waals surface area contributed by atoms with E-state index in [1.807, 2.05) is 6.92 Å². The van der Waals surface area contributed by atoms with Crippen LogP contribution in [0.5, 0.6) is 0 Å². The summed E-state index contributed by atoms with van der Waals surface area (Å²) in [5.74, 6) is 0.0995. The highest BCUT2D eigenvalue weighted by Gasteiger charge is 2.23. The van der Waals surface area contributed by atoms with Gasteiger partial charge in [0, 0.05) is 24.3 Å². The molecular weight excluding hydrogens is 348 g/mol. The fourth-order valence-corrected chi connectivity index (χ4v) is 4.37.